The number of aromatic nitrogens is 2. The van der Waals surface area contributed by atoms with Crippen molar-refractivity contribution in [1.82, 2.24) is 14.5 Å². The topological polar surface area (TPSA) is 58.4 Å². The number of fused-ring (bicyclic) bond motifs is 1. The van der Waals surface area contributed by atoms with Crippen molar-refractivity contribution >= 4 is 50.2 Å². The van der Waals surface area contributed by atoms with Crippen molar-refractivity contribution < 1.29 is 4.79 Å². The van der Waals surface area contributed by atoms with Crippen LogP contribution in [0.3, 0.4) is 0 Å². The number of hydrogen-bond donors (Lipinski definition) is 0. The Morgan fingerprint density at radius 3 is 2.53 bits per heavy atom. The first kappa shape index (κ1) is 22.6. The molecule has 0 aliphatic carbocycles. The first-order chi connectivity index (χ1) is 15.3. The molecule has 1 amide bonds. The molecule has 1 saturated heterocycles. The van der Waals surface area contributed by atoms with E-state index < -0.39 is 0 Å². The lowest BCUT2D eigenvalue weighted by Crippen LogP contribution is -2.49. The van der Waals surface area contributed by atoms with Crippen LogP contribution in [0.25, 0.3) is 16.6 Å². The van der Waals surface area contributed by atoms with Crippen LogP contribution >= 0.6 is 27.5 Å². The van der Waals surface area contributed by atoms with Crippen molar-refractivity contribution in [2.45, 2.75) is 19.8 Å². The molecule has 0 unspecified atom stereocenters. The van der Waals surface area contributed by atoms with Gasteiger partial charge in [-0.2, -0.15) is 4.98 Å². The first-order valence-electron chi connectivity index (χ1n) is 10.5. The molecule has 2 heterocycles. The van der Waals surface area contributed by atoms with E-state index in [0.717, 1.165) is 22.2 Å². The van der Waals surface area contributed by atoms with Gasteiger partial charge in [0.1, 0.15) is 5.82 Å². The molecular weight excluding hydrogens is 492 g/mol. The van der Waals surface area contributed by atoms with E-state index >= 15 is 0 Å². The summed E-state index contributed by atoms with van der Waals surface area (Å²) in [7, 11) is 0. The summed E-state index contributed by atoms with van der Waals surface area (Å²) in [5, 5.41) is 1.34. The Hall–Kier alpha value is -2.64. The van der Waals surface area contributed by atoms with Gasteiger partial charge in [-0.1, -0.05) is 50.2 Å². The molecular formula is C24H24BrClN4O2. The smallest absolute Gasteiger partial charge is 0.352 e. The highest BCUT2D eigenvalue weighted by Gasteiger charge is 2.24. The van der Waals surface area contributed by atoms with E-state index in [4.69, 9.17) is 11.6 Å². The molecule has 0 atom stereocenters. The second-order valence-corrected chi connectivity index (χ2v) is 9.33. The Morgan fingerprint density at radius 2 is 1.88 bits per heavy atom. The van der Waals surface area contributed by atoms with Gasteiger partial charge in [-0.05, 0) is 51.7 Å². The maximum absolute atomic E-state index is 13.4. The van der Waals surface area contributed by atoms with Gasteiger partial charge in [0.05, 0.1) is 16.2 Å². The summed E-state index contributed by atoms with van der Waals surface area (Å²) >= 11 is 9.97. The molecule has 0 spiro atoms. The molecule has 1 aliphatic rings. The summed E-state index contributed by atoms with van der Waals surface area (Å²) in [6, 6.07) is 11.6. The van der Waals surface area contributed by atoms with Crippen LogP contribution in [0.4, 0.5) is 5.82 Å². The van der Waals surface area contributed by atoms with E-state index in [1.165, 1.54) is 6.08 Å². The summed E-state index contributed by atoms with van der Waals surface area (Å²) < 4.78 is 2.37. The predicted octanol–water partition coefficient (Wildman–Crippen LogP) is 4.76. The molecule has 4 rings (SSSR count). The lowest BCUT2D eigenvalue weighted by Gasteiger charge is -2.35. The molecule has 1 aromatic heterocycles. The number of halogens is 2. The van der Waals surface area contributed by atoms with E-state index in [1.54, 1.807) is 9.47 Å². The maximum atomic E-state index is 13.4. The third-order valence-electron chi connectivity index (χ3n) is 5.78. The maximum Gasteiger partial charge on any atom is 0.354 e. The van der Waals surface area contributed by atoms with Crippen molar-refractivity contribution in [1.29, 1.82) is 0 Å². The van der Waals surface area contributed by atoms with Gasteiger partial charge < -0.3 is 9.80 Å². The standard InChI is InChI=1S/C24H24BrClN4O2/c1-4-22(31)28-9-11-29(12-10-28)23-17-13-19(26)18(25)14-21(17)30(24(32)27-23)20-8-6-5-7-16(20)15(2)3/h4-8,13-15H,1,9-12H2,2-3H3. The predicted molar refractivity (Wildman–Crippen MR) is 133 cm³/mol. The van der Waals surface area contributed by atoms with Gasteiger partial charge in [-0.25, -0.2) is 4.79 Å². The molecule has 0 saturated carbocycles. The van der Waals surface area contributed by atoms with E-state index in [0.29, 0.717) is 41.5 Å². The molecule has 8 heteroatoms. The van der Waals surface area contributed by atoms with Crippen LogP contribution in [0.1, 0.15) is 25.3 Å². The number of carbonyl (C=O) groups is 1. The number of nitrogens with zero attached hydrogens (tertiary/aromatic N) is 4. The van der Waals surface area contributed by atoms with Crippen molar-refractivity contribution in [2.24, 2.45) is 0 Å². The van der Waals surface area contributed by atoms with Crippen molar-refractivity contribution in [3.05, 3.63) is 74.6 Å². The average Bonchev–Trinajstić information content (AvgIpc) is 2.79. The number of para-hydroxylation sites is 1. The summed E-state index contributed by atoms with van der Waals surface area (Å²) in [5.41, 5.74) is 2.26. The summed E-state index contributed by atoms with van der Waals surface area (Å²) in [4.78, 5) is 33.6. The Labute approximate surface area is 200 Å². The number of benzene rings is 2. The molecule has 6 nitrogen and oxygen atoms in total. The quantitative estimate of drug-likeness (QED) is 0.470. The van der Waals surface area contributed by atoms with Crippen LogP contribution < -0.4 is 10.6 Å². The molecule has 0 N–H and O–H groups in total. The van der Waals surface area contributed by atoms with Gasteiger partial charge in [0, 0.05) is 36.0 Å². The van der Waals surface area contributed by atoms with E-state index in [2.05, 4.69) is 41.3 Å². The van der Waals surface area contributed by atoms with Crippen LogP contribution in [-0.4, -0.2) is 46.5 Å². The molecule has 32 heavy (non-hydrogen) atoms. The Bertz CT molecular complexity index is 1260. The summed E-state index contributed by atoms with van der Waals surface area (Å²) in [6.45, 7) is 9.98. The van der Waals surface area contributed by atoms with Gasteiger partial charge in [0.2, 0.25) is 5.91 Å². The lowest BCUT2D eigenvalue weighted by atomic mass is 10.0. The fourth-order valence-electron chi connectivity index (χ4n) is 4.13. The van der Waals surface area contributed by atoms with Crippen LogP contribution in [0.2, 0.25) is 5.02 Å². The second-order valence-electron chi connectivity index (χ2n) is 8.07. The van der Waals surface area contributed by atoms with Gasteiger partial charge in [0.15, 0.2) is 0 Å². The van der Waals surface area contributed by atoms with Crippen molar-refractivity contribution in [3.63, 3.8) is 0 Å². The normalized spacial score (nSPS) is 14.3. The third-order valence-corrected chi connectivity index (χ3v) is 6.98. The largest absolute Gasteiger partial charge is 0.354 e. The van der Waals surface area contributed by atoms with E-state index in [1.807, 2.05) is 41.3 Å². The average molecular weight is 516 g/mol. The van der Waals surface area contributed by atoms with Gasteiger partial charge in [0.25, 0.3) is 0 Å². The lowest BCUT2D eigenvalue weighted by molar-refractivity contribution is -0.126. The highest BCUT2D eigenvalue weighted by atomic mass is 79.9. The van der Waals surface area contributed by atoms with Crippen LogP contribution in [-0.2, 0) is 4.79 Å². The zero-order valence-electron chi connectivity index (χ0n) is 18.0. The third kappa shape index (κ3) is 4.07. The molecule has 1 fully saturated rings. The number of carbonyl (C=O) groups excluding carboxylic acids is 1. The minimum Gasteiger partial charge on any atom is -0.352 e. The summed E-state index contributed by atoms with van der Waals surface area (Å²) in [6.07, 6.45) is 1.33. The zero-order chi connectivity index (χ0) is 23.0. The number of rotatable bonds is 4. The number of anilines is 1. The molecule has 2 aromatic carbocycles. The van der Waals surface area contributed by atoms with Gasteiger partial charge in [-0.15, -0.1) is 0 Å². The number of hydrogen-bond acceptors (Lipinski definition) is 4. The van der Waals surface area contributed by atoms with Gasteiger partial charge in [-0.3, -0.25) is 9.36 Å². The molecule has 166 valence electrons. The highest BCUT2D eigenvalue weighted by molar-refractivity contribution is 9.10. The fraction of sp³-hybridized carbons (Fsp3) is 0.292. The minimum atomic E-state index is -0.348. The van der Waals surface area contributed by atoms with Crippen molar-refractivity contribution in [2.75, 3.05) is 31.1 Å². The Kier molecular flexibility index (Phi) is 6.40. The van der Waals surface area contributed by atoms with Crippen molar-refractivity contribution in [3.8, 4) is 5.69 Å². The molecule has 0 bridgehead atoms. The monoisotopic (exact) mass is 514 g/mol. The highest BCUT2D eigenvalue weighted by Crippen LogP contribution is 2.34. The summed E-state index contributed by atoms with van der Waals surface area (Å²) in [5.74, 6) is 0.734. The van der Waals surface area contributed by atoms with Gasteiger partial charge >= 0.3 is 5.69 Å². The van der Waals surface area contributed by atoms with Crippen LogP contribution in [0.15, 0.2) is 58.3 Å². The second kappa shape index (κ2) is 9.08. The zero-order valence-corrected chi connectivity index (χ0v) is 20.4. The number of piperazine rings is 1. The van der Waals surface area contributed by atoms with E-state index in [9.17, 15) is 9.59 Å². The van der Waals surface area contributed by atoms with E-state index in [-0.39, 0.29) is 17.5 Å². The Morgan fingerprint density at radius 1 is 1.19 bits per heavy atom. The van der Waals surface area contributed by atoms with Crippen LogP contribution in [0.5, 0.6) is 0 Å². The van der Waals surface area contributed by atoms with Crippen LogP contribution in [0, 0.1) is 0 Å². The SMILES string of the molecule is C=CC(=O)N1CCN(c2nc(=O)n(-c3ccccc3C(C)C)c3cc(Br)c(Cl)cc23)CC1. The molecule has 1 aliphatic heterocycles. The Balaban J connectivity index is 1.89. The fourth-order valence-corrected chi connectivity index (χ4v) is 4.62. The minimum absolute atomic E-state index is 0.0878. The molecule has 0 radical (unpaired) electrons. The number of amides is 1. The molecule has 3 aromatic rings. The first-order valence-corrected chi connectivity index (χ1v) is 11.7.